The molecule has 0 saturated heterocycles. The second kappa shape index (κ2) is 13.6. The number of hydrogen-bond donors (Lipinski definition) is 0. The summed E-state index contributed by atoms with van der Waals surface area (Å²) in [6.07, 6.45) is 4.88. The van der Waals surface area contributed by atoms with Crippen LogP contribution in [0.1, 0.15) is 16.7 Å². The third kappa shape index (κ3) is 7.14. The Kier molecular flexibility index (Phi) is 9.70. The number of benzene rings is 4. The summed E-state index contributed by atoms with van der Waals surface area (Å²) in [4.78, 5) is 9.18. The van der Waals surface area contributed by atoms with Crippen molar-refractivity contribution < 1.29 is 24.5 Å². The summed E-state index contributed by atoms with van der Waals surface area (Å²) in [6, 6.07) is 43.7. The molecule has 1 radical (unpaired) electrons. The fraction of sp³-hybridized carbons (Fsp3) is 0.128. The van der Waals surface area contributed by atoms with E-state index in [1.807, 2.05) is 67.0 Å². The first-order chi connectivity index (χ1) is 20.8. The van der Waals surface area contributed by atoms with Crippen molar-refractivity contribution in [2.45, 2.75) is 33.0 Å². The molecule has 0 spiro atoms. The Bertz CT molecular complexity index is 1980. The van der Waals surface area contributed by atoms with E-state index in [0.717, 1.165) is 50.9 Å². The molecule has 0 aliphatic heterocycles. The maximum Gasteiger partial charge on any atom is 0.120 e. The monoisotopic (exact) mass is 767 g/mol. The molecule has 4 aromatic carbocycles. The Morgan fingerprint density at radius 2 is 1.43 bits per heavy atom. The minimum Gasteiger partial charge on any atom is -0.500 e. The summed E-state index contributed by atoms with van der Waals surface area (Å²) >= 11 is 0. The number of para-hydroxylation sites is 1. The van der Waals surface area contributed by atoms with Gasteiger partial charge in [-0.15, -0.1) is 59.7 Å². The molecule has 3 heterocycles. The second-order valence-electron chi connectivity index (χ2n) is 11.8. The van der Waals surface area contributed by atoms with Crippen molar-refractivity contribution in [3.8, 4) is 22.5 Å². The van der Waals surface area contributed by atoms with Crippen molar-refractivity contribution in [2.75, 3.05) is 0 Å². The molecule has 3 nitrogen and oxygen atoms in total. The number of rotatable bonds is 5. The molecule has 0 bridgehead atoms. The van der Waals surface area contributed by atoms with Crippen molar-refractivity contribution in [1.29, 1.82) is 0 Å². The van der Waals surface area contributed by atoms with Crippen molar-refractivity contribution in [2.24, 2.45) is 0 Å². The summed E-state index contributed by atoms with van der Waals surface area (Å²) in [7, 11) is -1.23. The minimum absolute atomic E-state index is 0. The van der Waals surface area contributed by atoms with Crippen molar-refractivity contribution >= 4 is 35.2 Å². The number of aromatic nitrogens is 2. The molecule has 0 unspecified atom stereocenters. The minimum atomic E-state index is -1.23. The van der Waals surface area contributed by atoms with Crippen LogP contribution in [-0.4, -0.2) is 18.0 Å². The van der Waals surface area contributed by atoms with Gasteiger partial charge in [0.15, 0.2) is 0 Å². The topological polar surface area (TPSA) is 38.9 Å². The van der Waals surface area contributed by atoms with Crippen LogP contribution in [0.3, 0.4) is 0 Å². The second-order valence-corrected chi connectivity index (χ2v) is 16.9. The van der Waals surface area contributed by atoms with Crippen LogP contribution in [0.15, 0.2) is 126 Å². The third-order valence-corrected chi connectivity index (χ3v) is 9.68. The molecule has 7 aromatic rings. The number of aryl methyl sites for hydroxylation is 1. The summed E-state index contributed by atoms with van der Waals surface area (Å²) in [5.74, 6) is 0. The zero-order valence-corrected chi connectivity index (χ0v) is 28.8. The molecule has 221 valence electrons. The summed E-state index contributed by atoms with van der Waals surface area (Å²) in [5.41, 5.74) is 9.55. The Balaban J connectivity index is 0.000000194. The van der Waals surface area contributed by atoms with Gasteiger partial charge < -0.3 is 14.4 Å². The Hall–Kier alpha value is -4.15. The van der Waals surface area contributed by atoms with Gasteiger partial charge in [-0.2, -0.15) is 0 Å². The van der Waals surface area contributed by atoms with Gasteiger partial charge in [0.1, 0.15) is 5.58 Å². The quantitative estimate of drug-likeness (QED) is 0.130. The predicted octanol–water partition coefficient (Wildman–Crippen LogP) is 9.44. The van der Waals surface area contributed by atoms with Gasteiger partial charge in [-0.25, -0.2) is 0 Å². The van der Waals surface area contributed by atoms with Gasteiger partial charge in [0.05, 0.1) is 13.7 Å². The molecule has 0 atom stereocenters. The van der Waals surface area contributed by atoms with Gasteiger partial charge >= 0.3 is 0 Å². The first kappa shape index (κ1) is 31.3. The molecule has 5 heteroatoms. The molecule has 0 aliphatic rings. The smallest absolute Gasteiger partial charge is 0.120 e. The number of pyridine rings is 2. The molecule has 0 N–H and O–H groups in total. The standard InChI is InChI=1S/C25H18NO.C14H16NSi.Ir/c1-17-16-26-23(15-20(17)13-18-7-3-2-4-8-18)19-11-12-25-22(14-19)21-9-5-6-10-24(21)27-25;1-16(2,3)13-9-10-14(15-11-13)12-7-5-4-6-8-12;/h2-10,12,14-16H,13H2,1H3;4-7,9-11H,1-3H3;/q2*-1;. The van der Waals surface area contributed by atoms with Gasteiger partial charge in [0.25, 0.3) is 0 Å². The van der Waals surface area contributed by atoms with Gasteiger partial charge in [-0.1, -0.05) is 91.8 Å². The fourth-order valence-corrected chi connectivity index (χ4v) is 6.12. The maximum absolute atomic E-state index is 5.91. The number of nitrogens with zero attached hydrogens (tertiary/aromatic N) is 2. The maximum atomic E-state index is 5.91. The molecular weight excluding hydrogens is 733 g/mol. The van der Waals surface area contributed by atoms with Gasteiger partial charge in [0, 0.05) is 37.9 Å². The van der Waals surface area contributed by atoms with E-state index in [1.165, 1.54) is 21.9 Å². The first-order valence-corrected chi connectivity index (χ1v) is 18.1. The predicted molar refractivity (Wildman–Crippen MR) is 181 cm³/mol. The Labute approximate surface area is 274 Å². The van der Waals surface area contributed by atoms with E-state index in [0.29, 0.717) is 0 Å². The molecular formula is C39H34IrN2OSi-2. The van der Waals surface area contributed by atoms with Crippen molar-refractivity contribution in [3.05, 3.63) is 150 Å². The fourth-order valence-electron chi connectivity index (χ4n) is 5.09. The van der Waals surface area contributed by atoms with Crippen LogP contribution in [0, 0.1) is 19.1 Å². The average Bonchev–Trinajstić information content (AvgIpc) is 3.41. The van der Waals surface area contributed by atoms with E-state index in [4.69, 9.17) is 4.42 Å². The third-order valence-electron chi connectivity index (χ3n) is 7.65. The van der Waals surface area contributed by atoms with E-state index in [-0.39, 0.29) is 20.1 Å². The van der Waals surface area contributed by atoms with Gasteiger partial charge in [-0.05, 0) is 52.7 Å². The molecule has 7 rings (SSSR count). The summed E-state index contributed by atoms with van der Waals surface area (Å²) in [6.45, 7) is 9.11. The number of furan rings is 1. The Morgan fingerprint density at radius 3 is 2.16 bits per heavy atom. The van der Waals surface area contributed by atoms with E-state index in [9.17, 15) is 0 Å². The van der Waals surface area contributed by atoms with E-state index in [2.05, 4.69) is 103 Å². The van der Waals surface area contributed by atoms with Crippen LogP contribution >= 0.6 is 0 Å². The van der Waals surface area contributed by atoms with Crippen LogP contribution in [0.25, 0.3) is 44.5 Å². The zero-order valence-electron chi connectivity index (χ0n) is 25.4. The van der Waals surface area contributed by atoms with E-state index < -0.39 is 8.07 Å². The molecule has 3 aromatic heterocycles. The van der Waals surface area contributed by atoms with Crippen molar-refractivity contribution in [1.82, 2.24) is 9.97 Å². The van der Waals surface area contributed by atoms with Crippen LogP contribution in [0.5, 0.6) is 0 Å². The van der Waals surface area contributed by atoms with E-state index in [1.54, 1.807) is 0 Å². The van der Waals surface area contributed by atoms with E-state index >= 15 is 0 Å². The molecule has 0 aliphatic carbocycles. The summed E-state index contributed by atoms with van der Waals surface area (Å²) < 4.78 is 5.91. The van der Waals surface area contributed by atoms with Crippen LogP contribution in [0.2, 0.25) is 19.6 Å². The normalized spacial score (nSPS) is 11.1. The average molecular weight is 767 g/mol. The van der Waals surface area contributed by atoms with Gasteiger partial charge in [0.2, 0.25) is 0 Å². The zero-order chi connectivity index (χ0) is 29.8. The first-order valence-electron chi connectivity index (χ1n) is 14.6. The van der Waals surface area contributed by atoms with Crippen LogP contribution in [-0.2, 0) is 26.5 Å². The van der Waals surface area contributed by atoms with Crippen LogP contribution < -0.4 is 5.19 Å². The molecule has 0 fully saturated rings. The largest absolute Gasteiger partial charge is 0.500 e. The molecule has 44 heavy (non-hydrogen) atoms. The van der Waals surface area contributed by atoms with Crippen molar-refractivity contribution in [3.63, 3.8) is 0 Å². The number of fused-ring (bicyclic) bond motifs is 3. The summed E-state index contributed by atoms with van der Waals surface area (Å²) in [5, 5.41) is 3.62. The van der Waals surface area contributed by atoms with Crippen LogP contribution in [0.4, 0.5) is 0 Å². The van der Waals surface area contributed by atoms with Gasteiger partial charge in [-0.3, -0.25) is 0 Å². The molecule has 0 amide bonds. The Morgan fingerprint density at radius 1 is 0.682 bits per heavy atom. The SMILES string of the molecule is C[Si](C)(C)c1ccc(-c2[c-]cccc2)nc1.Cc1cnc(-c2[c-]cc3oc4ccccc4c3c2)cc1Cc1ccccc1.[Ir]. The molecule has 0 saturated carbocycles. The number of hydrogen-bond acceptors (Lipinski definition) is 3.